The number of hydrogen-bond donors (Lipinski definition) is 1. The van der Waals surface area contributed by atoms with Gasteiger partial charge in [-0.2, -0.15) is 0 Å². The molecule has 0 aliphatic carbocycles. The second kappa shape index (κ2) is 5.47. The van der Waals surface area contributed by atoms with Crippen molar-refractivity contribution in [2.75, 3.05) is 11.9 Å². The van der Waals surface area contributed by atoms with Crippen LogP contribution in [0.2, 0.25) is 10.0 Å². The van der Waals surface area contributed by atoms with Crippen molar-refractivity contribution in [3.63, 3.8) is 0 Å². The van der Waals surface area contributed by atoms with Gasteiger partial charge in [0.25, 0.3) is 0 Å². The van der Waals surface area contributed by atoms with Gasteiger partial charge in [0.05, 0.1) is 16.0 Å². The van der Waals surface area contributed by atoms with Crippen molar-refractivity contribution in [1.29, 1.82) is 0 Å². The third-order valence-corrected chi connectivity index (χ3v) is 4.48. The van der Waals surface area contributed by atoms with E-state index in [4.69, 9.17) is 23.2 Å². The molecule has 2 aromatic carbocycles. The van der Waals surface area contributed by atoms with E-state index in [1.807, 2.05) is 36.4 Å². The van der Waals surface area contributed by atoms with Crippen LogP contribution in [0.4, 0.5) is 5.69 Å². The zero-order chi connectivity index (χ0) is 14.1. The average Bonchev–Trinajstić information content (AvgIpc) is 2.88. The van der Waals surface area contributed by atoms with Gasteiger partial charge in [0.1, 0.15) is 5.78 Å². The van der Waals surface area contributed by atoms with E-state index in [2.05, 4.69) is 5.32 Å². The highest BCUT2D eigenvalue weighted by atomic mass is 35.5. The number of benzene rings is 2. The molecule has 1 aliphatic rings. The number of hydrogen-bond acceptors (Lipinski definition) is 2. The zero-order valence-electron chi connectivity index (χ0n) is 10.7. The number of carbonyl (C=O) groups is 1. The van der Waals surface area contributed by atoms with Gasteiger partial charge in [-0.15, -0.1) is 0 Å². The largest absolute Gasteiger partial charge is 0.384 e. The Balaban J connectivity index is 1.83. The fraction of sp³-hybridized carbons (Fsp3) is 0.188. The van der Waals surface area contributed by atoms with E-state index in [0.29, 0.717) is 23.0 Å². The Labute approximate surface area is 127 Å². The second-order valence-corrected chi connectivity index (χ2v) is 5.66. The van der Waals surface area contributed by atoms with Crippen molar-refractivity contribution in [3.05, 3.63) is 63.6 Å². The first-order valence-corrected chi connectivity index (χ1v) is 7.21. The molecule has 0 saturated carbocycles. The van der Waals surface area contributed by atoms with Crippen molar-refractivity contribution in [2.45, 2.75) is 12.3 Å². The summed E-state index contributed by atoms with van der Waals surface area (Å²) in [7, 11) is 0. The minimum atomic E-state index is -0.110. The summed E-state index contributed by atoms with van der Waals surface area (Å²) in [5.74, 6) is 0.0489. The molecule has 0 spiro atoms. The Morgan fingerprint density at radius 3 is 2.80 bits per heavy atom. The fourth-order valence-electron chi connectivity index (χ4n) is 2.57. The summed E-state index contributed by atoms with van der Waals surface area (Å²) in [6, 6.07) is 13.3. The maximum Gasteiger partial charge on any atom is 0.146 e. The van der Waals surface area contributed by atoms with Crippen LogP contribution < -0.4 is 5.32 Å². The molecule has 1 N–H and O–H groups in total. The van der Waals surface area contributed by atoms with Gasteiger partial charge in [-0.25, -0.2) is 0 Å². The van der Waals surface area contributed by atoms with Crippen molar-refractivity contribution in [3.8, 4) is 0 Å². The van der Waals surface area contributed by atoms with Crippen LogP contribution in [0.25, 0.3) is 0 Å². The number of carbonyl (C=O) groups excluding carboxylic acids is 1. The van der Waals surface area contributed by atoms with Crippen molar-refractivity contribution in [2.24, 2.45) is 0 Å². The van der Waals surface area contributed by atoms with Gasteiger partial charge in [0, 0.05) is 18.7 Å². The normalized spacial score (nSPS) is 16.6. The van der Waals surface area contributed by atoms with Crippen LogP contribution in [0.15, 0.2) is 42.5 Å². The predicted octanol–water partition coefficient (Wildman–Crippen LogP) is 4.31. The predicted molar refractivity (Wildman–Crippen MR) is 82.8 cm³/mol. The van der Waals surface area contributed by atoms with Gasteiger partial charge < -0.3 is 5.32 Å². The number of para-hydroxylation sites is 1. The van der Waals surface area contributed by atoms with Gasteiger partial charge in [-0.3, -0.25) is 4.79 Å². The Bertz CT molecular complexity index is 669. The molecule has 3 rings (SSSR count). The third kappa shape index (κ3) is 2.41. The summed E-state index contributed by atoms with van der Waals surface area (Å²) >= 11 is 12.1. The molecule has 1 atom stereocenters. The van der Waals surface area contributed by atoms with Crippen LogP contribution in [0.1, 0.15) is 17.0 Å². The molecular weight excluding hydrogens is 293 g/mol. The molecule has 1 unspecified atom stereocenters. The lowest BCUT2D eigenvalue weighted by molar-refractivity contribution is -0.119. The Kier molecular flexibility index (Phi) is 3.68. The lowest BCUT2D eigenvalue weighted by Crippen LogP contribution is -2.17. The van der Waals surface area contributed by atoms with E-state index < -0.39 is 0 Å². The summed E-state index contributed by atoms with van der Waals surface area (Å²) in [6.45, 7) is 0.649. The lowest BCUT2D eigenvalue weighted by atomic mass is 9.93. The minimum Gasteiger partial charge on any atom is -0.384 e. The molecule has 4 heteroatoms. The molecule has 1 heterocycles. The maximum atomic E-state index is 12.5. The van der Waals surface area contributed by atoms with E-state index >= 15 is 0 Å². The highest BCUT2D eigenvalue weighted by Gasteiger charge is 2.28. The van der Waals surface area contributed by atoms with Crippen LogP contribution >= 0.6 is 23.2 Å². The molecular formula is C16H13Cl2NO. The van der Waals surface area contributed by atoms with E-state index in [9.17, 15) is 4.79 Å². The summed E-state index contributed by atoms with van der Waals surface area (Å²) in [5.41, 5.74) is 2.90. The maximum absolute atomic E-state index is 12.5. The van der Waals surface area contributed by atoms with Gasteiger partial charge in [-0.1, -0.05) is 53.5 Å². The van der Waals surface area contributed by atoms with Crippen LogP contribution in [-0.4, -0.2) is 12.3 Å². The van der Waals surface area contributed by atoms with Crippen molar-refractivity contribution in [1.82, 2.24) is 0 Å². The monoisotopic (exact) mass is 305 g/mol. The number of nitrogens with one attached hydrogen (secondary N) is 1. The summed E-state index contributed by atoms with van der Waals surface area (Å²) < 4.78 is 0. The second-order valence-electron chi connectivity index (χ2n) is 4.88. The molecule has 20 heavy (non-hydrogen) atoms. The number of halogens is 2. The quantitative estimate of drug-likeness (QED) is 0.915. The van der Waals surface area contributed by atoms with E-state index in [1.165, 1.54) is 0 Å². The fourth-order valence-corrected chi connectivity index (χ4v) is 2.95. The molecule has 0 fully saturated rings. The van der Waals surface area contributed by atoms with E-state index in [0.717, 1.165) is 16.8 Å². The first-order valence-electron chi connectivity index (χ1n) is 6.45. The number of fused-ring (bicyclic) bond motifs is 1. The highest BCUT2D eigenvalue weighted by Crippen LogP contribution is 2.33. The van der Waals surface area contributed by atoms with Crippen LogP contribution in [0.3, 0.4) is 0 Å². The number of Topliss-reactive ketones (excluding diaryl/α,β-unsaturated/α-hetero) is 1. The number of ketones is 1. The smallest absolute Gasteiger partial charge is 0.146 e. The van der Waals surface area contributed by atoms with Gasteiger partial charge >= 0.3 is 0 Å². The number of anilines is 1. The standard InChI is InChI=1S/C16H13Cl2NO/c17-13-6-3-4-10(16(13)18)8-15(20)12-9-19-14-7-2-1-5-11(12)14/h1-7,12,19H,8-9H2. The highest BCUT2D eigenvalue weighted by molar-refractivity contribution is 6.42. The molecule has 2 aromatic rings. The Hall–Kier alpha value is -1.51. The lowest BCUT2D eigenvalue weighted by Gasteiger charge is -2.10. The molecule has 0 bridgehead atoms. The van der Waals surface area contributed by atoms with Crippen LogP contribution in [0, 0.1) is 0 Å². The van der Waals surface area contributed by atoms with Crippen molar-refractivity contribution < 1.29 is 4.79 Å². The molecule has 0 saturated heterocycles. The molecule has 0 amide bonds. The summed E-state index contributed by atoms with van der Waals surface area (Å²) in [6.07, 6.45) is 0.306. The Morgan fingerprint density at radius 1 is 1.15 bits per heavy atom. The third-order valence-electron chi connectivity index (χ3n) is 3.62. The number of rotatable bonds is 3. The van der Waals surface area contributed by atoms with E-state index in [-0.39, 0.29) is 11.7 Å². The van der Waals surface area contributed by atoms with Gasteiger partial charge in [0.15, 0.2) is 0 Å². The van der Waals surface area contributed by atoms with Gasteiger partial charge in [0.2, 0.25) is 0 Å². The van der Waals surface area contributed by atoms with E-state index in [1.54, 1.807) is 6.07 Å². The van der Waals surface area contributed by atoms with Crippen molar-refractivity contribution >= 4 is 34.7 Å². The average molecular weight is 306 g/mol. The van der Waals surface area contributed by atoms with Crippen LogP contribution in [0.5, 0.6) is 0 Å². The van der Waals surface area contributed by atoms with Gasteiger partial charge in [-0.05, 0) is 23.3 Å². The Morgan fingerprint density at radius 2 is 1.95 bits per heavy atom. The first-order chi connectivity index (χ1) is 9.66. The summed E-state index contributed by atoms with van der Waals surface area (Å²) in [4.78, 5) is 12.5. The molecule has 102 valence electrons. The van der Waals surface area contributed by atoms with Crippen LogP contribution in [-0.2, 0) is 11.2 Å². The topological polar surface area (TPSA) is 29.1 Å². The molecule has 2 nitrogen and oxygen atoms in total. The SMILES string of the molecule is O=C(Cc1cccc(Cl)c1Cl)C1CNc2ccccc21. The summed E-state index contributed by atoms with van der Waals surface area (Å²) in [5, 5.41) is 4.22. The molecule has 0 aromatic heterocycles. The molecule has 0 radical (unpaired) electrons. The minimum absolute atomic E-state index is 0.110. The first kappa shape index (κ1) is 13.5. The zero-order valence-corrected chi connectivity index (χ0v) is 12.2. The molecule has 1 aliphatic heterocycles.